The molecule has 126 valence electrons. The van der Waals surface area contributed by atoms with Crippen LogP contribution in [0.3, 0.4) is 0 Å². The lowest BCUT2D eigenvalue weighted by atomic mass is 10.0. The molecule has 2 atom stereocenters. The van der Waals surface area contributed by atoms with Gasteiger partial charge in [-0.2, -0.15) is 0 Å². The Kier molecular flexibility index (Phi) is 6.22. The summed E-state index contributed by atoms with van der Waals surface area (Å²) in [4.78, 5) is 17.1. The van der Waals surface area contributed by atoms with E-state index in [1.807, 2.05) is 31.2 Å². The minimum absolute atomic E-state index is 0.0748. The molecule has 23 heavy (non-hydrogen) atoms. The highest BCUT2D eigenvalue weighted by Crippen LogP contribution is 2.18. The van der Waals surface area contributed by atoms with Crippen LogP contribution < -0.4 is 15.4 Å². The van der Waals surface area contributed by atoms with E-state index in [2.05, 4.69) is 15.8 Å². The van der Waals surface area contributed by atoms with E-state index in [0.717, 1.165) is 17.0 Å². The maximum Gasteiger partial charge on any atom is 0.315 e. The molecular weight excluding hydrogens is 298 g/mol. The zero-order valence-corrected chi connectivity index (χ0v) is 13.4. The van der Waals surface area contributed by atoms with Crippen LogP contribution in [0.1, 0.15) is 25.3 Å². The van der Waals surface area contributed by atoms with Gasteiger partial charge < -0.3 is 25.3 Å². The summed E-state index contributed by atoms with van der Waals surface area (Å²) in [6.07, 6.45) is 1.12. The number of benzene rings is 1. The average molecular weight is 321 g/mol. The second kappa shape index (κ2) is 8.38. The predicted molar refractivity (Wildman–Crippen MR) is 86.7 cm³/mol. The molecular formula is C16H23N3O4. The second-order valence-electron chi connectivity index (χ2n) is 5.34. The Balaban J connectivity index is 1.77. The predicted octanol–water partition coefficient (Wildman–Crippen LogP) is 1.26. The highest BCUT2D eigenvalue weighted by atomic mass is 16.6. The molecule has 1 heterocycles. The summed E-state index contributed by atoms with van der Waals surface area (Å²) in [6, 6.07) is 7.05. The molecule has 0 spiro atoms. The number of carbonyl (C=O) groups is 1. The monoisotopic (exact) mass is 321 g/mol. The molecule has 0 fully saturated rings. The van der Waals surface area contributed by atoms with Gasteiger partial charge in [0.1, 0.15) is 5.75 Å². The summed E-state index contributed by atoms with van der Waals surface area (Å²) >= 11 is 0. The number of rotatable bonds is 7. The lowest BCUT2D eigenvalue weighted by molar-refractivity contribution is 0.0863. The van der Waals surface area contributed by atoms with E-state index in [9.17, 15) is 4.79 Å². The van der Waals surface area contributed by atoms with Gasteiger partial charge in [0.15, 0.2) is 6.10 Å². The molecule has 1 aliphatic rings. The number of urea groups is 1. The van der Waals surface area contributed by atoms with E-state index in [4.69, 9.17) is 14.7 Å². The van der Waals surface area contributed by atoms with E-state index in [1.54, 1.807) is 7.11 Å². The van der Waals surface area contributed by atoms with Crippen molar-refractivity contribution in [1.29, 1.82) is 0 Å². The molecule has 1 aliphatic heterocycles. The van der Waals surface area contributed by atoms with Gasteiger partial charge in [0, 0.05) is 6.42 Å². The van der Waals surface area contributed by atoms with Gasteiger partial charge in [-0.3, -0.25) is 0 Å². The van der Waals surface area contributed by atoms with E-state index in [1.165, 1.54) is 0 Å². The van der Waals surface area contributed by atoms with Crippen molar-refractivity contribution in [3.8, 4) is 5.75 Å². The number of hydrogen-bond donors (Lipinski definition) is 3. The second-order valence-corrected chi connectivity index (χ2v) is 5.34. The van der Waals surface area contributed by atoms with E-state index in [-0.39, 0.29) is 24.8 Å². The third-order valence-corrected chi connectivity index (χ3v) is 3.69. The molecule has 7 nitrogen and oxygen atoms in total. The van der Waals surface area contributed by atoms with Crippen molar-refractivity contribution in [3.63, 3.8) is 0 Å². The molecule has 1 unspecified atom stereocenters. The van der Waals surface area contributed by atoms with E-state index in [0.29, 0.717) is 19.4 Å². The van der Waals surface area contributed by atoms with Crippen molar-refractivity contribution in [1.82, 2.24) is 10.6 Å². The van der Waals surface area contributed by atoms with Crippen LogP contribution in [0.25, 0.3) is 0 Å². The Hall–Kier alpha value is -2.28. The molecule has 0 bridgehead atoms. The number of aliphatic hydroxyl groups is 1. The Labute approximate surface area is 135 Å². The molecule has 2 rings (SSSR count). The third kappa shape index (κ3) is 4.85. The first-order valence-corrected chi connectivity index (χ1v) is 7.68. The van der Waals surface area contributed by atoms with Gasteiger partial charge in [0.05, 0.1) is 32.0 Å². The standard InChI is InChI=1S/C16H23N3O4/c1-3-12(10-20)18-16(21)17-9-14-8-15(19-23-14)11-4-6-13(22-2)7-5-11/h4-7,12,14,20H,3,8-10H2,1-2H3,(H2,17,18,21)/t12-,14?/m1/s1. The molecule has 2 amide bonds. The normalized spacial score (nSPS) is 17.9. The number of hydrogen-bond acceptors (Lipinski definition) is 5. The number of nitrogens with one attached hydrogen (secondary N) is 2. The SMILES string of the molecule is CC[C@H](CO)NC(=O)NCC1CC(c2ccc(OC)cc2)=NO1. The summed E-state index contributed by atoms with van der Waals surface area (Å²) < 4.78 is 5.12. The molecule has 3 N–H and O–H groups in total. The Morgan fingerprint density at radius 1 is 1.48 bits per heavy atom. The zero-order chi connectivity index (χ0) is 16.7. The van der Waals surface area contributed by atoms with Crippen LogP contribution in [0.5, 0.6) is 5.75 Å². The fourth-order valence-corrected chi connectivity index (χ4v) is 2.21. The molecule has 0 aliphatic carbocycles. The van der Waals surface area contributed by atoms with E-state index < -0.39 is 0 Å². The number of ether oxygens (including phenoxy) is 1. The maximum atomic E-state index is 11.7. The summed E-state index contributed by atoms with van der Waals surface area (Å²) in [7, 11) is 1.62. The van der Waals surface area contributed by atoms with Gasteiger partial charge in [-0.05, 0) is 36.2 Å². The van der Waals surface area contributed by atoms with Crippen molar-refractivity contribution in [3.05, 3.63) is 29.8 Å². The number of aliphatic hydroxyl groups excluding tert-OH is 1. The minimum Gasteiger partial charge on any atom is -0.497 e. The van der Waals surface area contributed by atoms with Crippen LogP contribution in [0.2, 0.25) is 0 Å². The Morgan fingerprint density at radius 3 is 2.83 bits per heavy atom. The molecule has 1 aromatic carbocycles. The molecule has 0 saturated carbocycles. The van der Waals surface area contributed by atoms with Crippen LogP contribution in [0.4, 0.5) is 4.79 Å². The Morgan fingerprint density at radius 2 is 2.22 bits per heavy atom. The number of oxime groups is 1. The number of carbonyl (C=O) groups excluding carboxylic acids is 1. The topological polar surface area (TPSA) is 92.2 Å². The van der Waals surface area contributed by atoms with Crippen LogP contribution in [0.15, 0.2) is 29.4 Å². The minimum atomic E-state index is -0.313. The van der Waals surface area contributed by atoms with Gasteiger partial charge >= 0.3 is 6.03 Å². The van der Waals surface area contributed by atoms with Crippen LogP contribution in [-0.2, 0) is 4.84 Å². The largest absolute Gasteiger partial charge is 0.497 e. The van der Waals surface area contributed by atoms with Crippen molar-refractivity contribution < 1.29 is 19.5 Å². The fraction of sp³-hybridized carbons (Fsp3) is 0.500. The highest BCUT2D eigenvalue weighted by Gasteiger charge is 2.23. The third-order valence-electron chi connectivity index (χ3n) is 3.69. The lowest BCUT2D eigenvalue weighted by Gasteiger charge is -2.16. The van der Waals surface area contributed by atoms with Crippen molar-refractivity contribution in [2.24, 2.45) is 5.16 Å². The summed E-state index contributed by atoms with van der Waals surface area (Å²) in [6.45, 7) is 2.18. The van der Waals surface area contributed by atoms with E-state index >= 15 is 0 Å². The van der Waals surface area contributed by atoms with Gasteiger partial charge in [0.2, 0.25) is 0 Å². The van der Waals surface area contributed by atoms with Gasteiger partial charge in [-0.25, -0.2) is 4.79 Å². The first-order chi connectivity index (χ1) is 11.2. The van der Waals surface area contributed by atoms with Crippen LogP contribution in [-0.4, -0.2) is 49.3 Å². The maximum absolute atomic E-state index is 11.7. The molecule has 7 heteroatoms. The summed E-state index contributed by atoms with van der Waals surface area (Å²) in [5.41, 5.74) is 1.82. The fourth-order valence-electron chi connectivity index (χ4n) is 2.21. The van der Waals surface area contributed by atoms with Crippen molar-refractivity contribution in [2.45, 2.75) is 31.9 Å². The number of methoxy groups -OCH3 is 1. The summed E-state index contributed by atoms with van der Waals surface area (Å²) in [5.74, 6) is 0.789. The smallest absolute Gasteiger partial charge is 0.315 e. The molecule has 1 aromatic rings. The van der Waals surface area contributed by atoms with Gasteiger partial charge in [-0.15, -0.1) is 0 Å². The van der Waals surface area contributed by atoms with Crippen LogP contribution in [0, 0.1) is 0 Å². The first kappa shape index (κ1) is 17.1. The zero-order valence-electron chi connectivity index (χ0n) is 13.4. The van der Waals surface area contributed by atoms with Gasteiger partial charge in [-0.1, -0.05) is 12.1 Å². The molecule has 0 aromatic heterocycles. The number of nitrogens with zero attached hydrogens (tertiary/aromatic N) is 1. The lowest BCUT2D eigenvalue weighted by Crippen LogP contribution is -2.45. The first-order valence-electron chi connectivity index (χ1n) is 7.68. The quantitative estimate of drug-likeness (QED) is 0.705. The summed E-state index contributed by atoms with van der Waals surface area (Å²) in [5, 5.41) is 18.6. The number of amides is 2. The average Bonchev–Trinajstić information content (AvgIpc) is 3.07. The highest BCUT2D eigenvalue weighted by molar-refractivity contribution is 6.01. The molecule has 0 saturated heterocycles. The Bertz CT molecular complexity index is 541. The van der Waals surface area contributed by atoms with Gasteiger partial charge in [0.25, 0.3) is 0 Å². The van der Waals surface area contributed by atoms with Crippen molar-refractivity contribution >= 4 is 11.7 Å². The van der Waals surface area contributed by atoms with Crippen molar-refractivity contribution in [2.75, 3.05) is 20.3 Å². The molecule has 0 radical (unpaired) electrons. The van der Waals surface area contributed by atoms with Crippen LogP contribution >= 0.6 is 0 Å².